The smallest absolute Gasteiger partial charge is 0.191 e. The van der Waals surface area contributed by atoms with Gasteiger partial charge in [-0.2, -0.15) is 0 Å². The molecule has 1 aromatic rings. The zero-order chi connectivity index (χ0) is 20.3. The minimum atomic E-state index is 0. The number of hydrogen-bond donors (Lipinski definition) is 2. The summed E-state index contributed by atoms with van der Waals surface area (Å²) < 4.78 is 11.3. The first-order valence-electron chi connectivity index (χ1n) is 11.3. The standard InChI is InChI=1S/C23H38N4O2.HI/c1-3-24-23(25-13-5-15-29-22-11-16-28-17-12-22)26-20-6-4-14-27(18-20)21-9-7-19(2)8-10-21;/h7-10,20,22H,3-6,11-18H2,1-2H3,(H2,24,25,26);1H. The van der Waals surface area contributed by atoms with Crippen molar-refractivity contribution < 1.29 is 9.47 Å². The predicted octanol–water partition coefficient (Wildman–Crippen LogP) is 3.72. The van der Waals surface area contributed by atoms with Crippen LogP contribution in [0.2, 0.25) is 0 Å². The number of nitrogens with one attached hydrogen (secondary N) is 2. The summed E-state index contributed by atoms with van der Waals surface area (Å²) in [5.41, 5.74) is 2.62. The number of aliphatic imine (C=N–C) groups is 1. The molecule has 0 radical (unpaired) electrons. The number of aryl methyl sites for hydroxylation is 1. The Morgan fingerprint density at radius 2 is 1.97 bits per heavy atom. The zero-order valence-corrected chi connectivity index (χ0v) is 20.9. The van der Waals surface area contributed by atoms with Gasteiger partial charge in [0.2, 0.25) is 0 Å². The lowest BCUT2D eigenvalue weighted by atomic mass is 10.0. The van der Waals surface area contributed by atoms with Crippen LogP contribution in [0.4, 0.5) is 5.69 Å². The van der Waals surface area contributed by atoms with Crippen molar-refractivity contribution in [2.75, 3.05) is 50.9 Å². The van der Waals surface area contributed by atoms with Gasteiger partial charge in [-0.25, -0.2) is 0 Å². The Hall–Kier alpha value is -1.06. The molecule has 0 amide bonds. The molecule has 2 saturated heterocycles. The van der Waals surface area contributed by atoms with E-state index < -0.39 is 0 Å². The van der Waals surface area contributed by atoms with Gasteiger partial charge in [-0.3, -0.25) is 4.99 Å². The third-order valence-corrected chi connectivity index (χ3v) is 5.60. The molecule has 0 spiro atoms. The van der Waals surface area contributed by atoms with E-state index in [1.807, 2.05) is 0 Å². The van der Waals surface area contributed by atoms with E-state index in [1.165, 1.54) is 24.1 Å². The molecule has 1 aromatic carbocycles. The van der Waals surface area contributed by atoms with E-state index in [4.69, 9.17) is 14.5 Å². The second-order valence-corrected chi connectivity index (χ2v) is 8.06. The molecule has 6 nitrogen and oxygen atoms in total. The Bertz CT molecular complexity index is 620. The minimum Gasteiger partial charge on any atom is -0.381 e. The van der Waals surface area contributed by atoms with Gasteiger partial charge in [0.1, 0.15) is 0 Å². The van der Waals surface area contributed by atoms with Crippen LogP contribution in [0.15, 0.2) is 29.3 Å². The maximum atomic E-state index is 5.95. The molecule has 0 bridgehead atoms. The molecular formula is C23H39IN4O2. The van der Waals surface area contributed by atoms with Gasteiger partial charge in [-0.05, 0) is 58.1 Å². The highest BCUT2D eigenvalue weighted by molar-refractivity contribution is 14.0. The topological polar surface area (TPSA) is 58.1 Å². The molecular weight excluding hydrogens is 491 g/mol. The molecule has 2 N–H and O–H groups in total. The summed E-state index contributed by atoms with van der Waals surface area (Å²) in [6, 6.07) is 9.27. The molecule has 2 aliphatic rings. The number of hydrogen-bond acceptors (Lipinski definition) is 4. The van der Waals surface area contributed by atoms with E-state index in [-0.39, 0.29) is 24.0 Å². The summed E-state index contributed by atoms with van der Waals surface area (Å²) in [7, 11) is 0. The van der Waals surface area contributed by atoms with Crippen molar-refractivity contribution in [3.8, 4) is 0 Å². The predicted molar refractivity (Wildman–Crippen MR) is 135 cm³/mol. The number of guanidine groups is 1. The van der Waals surface area contributed by atoms with Gasteiger partial charge in [0, 0.05) is 57.7 Å². The maximum Gasteiger partial charge on any atom is 0.191 e. The highest BCUT2D eigenvalue weighted by Gasteiger charge is 2.21. The summed E-state index contributed by atoms with van der Waals surface area (Å²) in [4.78, 5) is 7.25. The molecule has 2 fully saturated rings. The fourth-order valence-electron chi connectivity index (χ4n) is 3.95. The molecule has 3 rings (SSSR count). The number of benzene rings is 1. The number of ether oxygens (including phenoxy) is 2. The molecule has 1 atom stereocenters. The number of rotatable bonds is 8. The van der Waals surface area contributed by atoms with Crippen LogP contribution in [0.1, 0.15) is 44.6 Å². The average molecular weight is 530 g/mol. The van der Waals surface area contributed by atoms with Crippen LogP contribution in [-0.2, 0) is 9.47 Å². The van der Waals surface area contributed by atoms with Crippen molar-refractivity contribution in [1.82, 2.24) is 10.6 Å². The van der Waals surface area contributed by atoms with Gasteiger partial charge in [0.15, 0.2) is 5.96 Å². The van der Waals surface area contributed by atoms with E-state index in [0.29, 0.717) is 12.1 Å². The van der Waals surface area contributed by atoms with Crippen LogP contribution in [0.25, 0.3) is 0 Å². The maximum absolute atomic E-state index is 5.95. The van der Waals surface area contributed by atoms with Crippen LogP contribution in [0, 0.1) is 6.92 Å². The van der Waals surface area contributed by atoms with Gasteiger partial charge in [0.05, 0.1) is 6.10 Å². The van der Waals surface area contributed by atoms with E-state index in [0.717, 1.165) is 71.2 Å². The highest BCUT2D eigenvalue weighted by atomic mass is 127. The third-order valence-electron chi connectivity index (χ3n) is 5.60. The van der Waals surface area contributed by atoms with E-state index in [1.54, 1.807) is 0 Å². The van der Waals surface area contributed by atoms with E-state index >= 15 is 0 Å². The van der Waals surface area contributed by atoms with Crippen LogP contribution in [0.5, 0.6) is 0 Å². The number of piperidine rings is 1. The number of anilines is 1. The third kappa shape index (κ3) is 8.59. The van der Waals surface area contributed by atoms with Gasteiger partial charge in [-0.1, -0.05) is 17.7 Å². The Labute approximate surface area is 199 Å². The first kappa shape index (κ1) is 25.2. The second-order valence-electron chi connectivity index (χ2n) is 8.06. The van der Waals surface area contributed by atoms with Crippen molar-refractivity contribution in [3.05, 3.63) is 29.8 Å². The quantitative estimate of drug-likeness (QED) is 0.232. The Morgan fingerprint density at radius 3 is 2.70 bits per heavy atom. The van der Waals surface area contributed by atoms with Crippen molar-refractivity contribution in [2.45, 2.75) is 58.1 Å². The molecule has 2 heterocycles. The summed E-state index contributed by atoms with van der Waals surface area (Å²) in [5.74, 6) is 0.925. The van der Waals surface area contributed by atoms with Crippen LogP contribution in [-0.4, -0.2) is 64.1 Å². The first-order valence-corrected chi connectivity index (χ1v) is 11.3. The first-order chi connectivity index (χ1) is 14.2. The minimum absolute atomic E-state index is 0. The van der Waals surface area contributed by atoms with Gasteiger partial charge >= 0.3 is 0 Å². The molecule has 0 saturated carbocycles. The Kier molecular flexibility index (Phi) is 11.8. The summed E-state index contributed by atoms with van der Waals surface area (Å²) >= 11 is 0. The molecule has 30 heavy (non-hydrogen) atoms. The summed E-state index contributed by atoms with van der Waals surface area (Å²) in [5, 5.41) is 7.04. The normalized spacial score (nSPS) is 20.5. The summed E-state index contributed by atoms with van der Waals surface area (Å²) in [6.07, 6.45) is 5.74. The zero-order valence-electron chi connectivity index (χ0n) is 18.6. The molecule has 0 aliphatic carbocycles. The lowest BCUT2D eigenvalue weighted by Gasteiger charge is -2.35. The number of halogens is 1. The van der Waals surface area contributed by atoms with Crippen molar-refractivity contribution in [3.63, 3.8) is 0 Å². The van der Waals surface area contributed by atoms with Crippen LogP contribution in [0.3, 0.4) is 0 Å². The Balaban J connectivity index is 0.00000320. The number of nitrogens with zero attached hydrogens (tertiary/aromatic N) is 2. The molecule has 1 unspecified atom stereocenters. The fourth-order valence-corrected chi connectivity index (χ4v) is 3.95. The van der Waals surface area contributed by atoms with Crippen molar-refractivity contribution >= 4 is 35.6 Å². The molecule has 2 aliphatic heterocycles. The lowest BCUT2D eigenvalue weighted by Crippen LogP contribution is -2.51. The van der Waals surface area contributed by atoms with E-state index in [9.17, 15) is 0 Å². The highest BCUT2D eigenvalue weighted by Crippen LogP contribution is 2.20. The van der Waals surface area contributed by atoms with Crippen molar-refractivity contribution in [2.24, 2.45) is 4.99 Å². The van der Waals surface area contributed by atoms with E-state index in [2.05, 4.69) is 53.6 Å². The van der Waals surface area contributed by atoms with Crippen molar-refractivity contribution in [1.29, 1.82) is 0 Å². The van der Waals surface area contributed by atoms with Gasteiger partial charge < -0.3 is 25.0 Å². The average Bonchev–Trinajstić information content (AvgIpc) is 2.75. The molecule has 170 valence electrons. The Morgan fingerprint density at radius 1 is 1.20 bits per heavy atom. The largest absolute Gasteiger partial charge is 0.381 e. The molecule has 0 aromatic heterocycles. The van der Waals surface area contributed by atoms with Gasteiger partial charge in [-0.15, -0.1) is 24.0 Å². The summed E-state index contributed by atoms with van der Waals surface area (Å²) in [6.45, 7) is 10.5. The second kappa shape index (κ2) is 14.1. The fraction of sp³-hybridized carbons (Fsp3) is 0.696. The monoisotopic (exact) mass is 530 g/mol. The van der Waals surface area contributed by atoms with Crippen LogP contribution >= 0.6 is 24.0 Å². The SMILES string of the molecule is CCNC(=NCCCOC1CCOCC1)NC1CCCN(c2ccc(C)cc2)C1.I. The molecule has 7 heteroatoms. The van der Waals surface area contributed by atoms with Gasteiger partial charge in [0.25, 0.3) is 0 Å². The van der Waals surface area contributed by atoms with Crippen LogP contribution < -0.4 is 15.5 Å². The lowest BCUT2D eigenvalue weighted by molar-refractivity contribution is -0.0318.